The average molecular weight is 359 g/mol. The predicted molar refractivity (Wildman–Crippen MR) is 80.7 cm³/mol. The monoisotopic (exact) mass is 358 g/mol. The van der Waals surface area contributed by atoms with Gasteiger partial charge in [0, 0.05) is 11.0 Å². The number of nitrogens with one attached hydrogen (secondary N) is 1. The molecule has 0 saturated heterocycles. The van der Waals surface area contributed by atoms with E-state index in [1.807, 2.05) is 12.1 Å². The predicted octanol–water partition coefficient (Wildman–Crippen LogP) is 3.03. The largest absolute Gasteiger partial charge is 0.360 e. The Hall–Kier alpha value is -1.34. The number of anilines is 1. The van der Waals surface area contributed by atoms with E-state index in [2.05, 4.69) is 25.8 Å². The van der Waals surface area contributed by atoms with Crippen molar-refractivity contribution in [2.45, 2.75) is 25.2 Å². The van der Waals surface area contributed by atoms with E-state index in [4.69, 9.17) is 4.52 Å². The van der Waals surface area contributed by atoms with Crippen molar-refractivity contribution in [1.82, 2.24) is 5.16 Å². The normalized spacial score (nSPS) is 11.6. The minimum Gasteiger partial charge on any atom is -0.360 e. The third-order valence-electron chi connectivity index (χ3n) is 2.83. The first-order valence-electron chi connectivity index (χ1n) is 6.04. The zero-order chi connectivity index (χ0) is 14.8. The number of aryl methyl sites for hydroxylation is 3. The summed E-state index contributed by atoms with van der Waals surface area (Å²) in [4.78, 5) is 0.0991. The summed E-state index contributed by atoms with van der Waals surface area (Å²) in [5.74, 6) is 0.283. The van der Waals surface area contributed by atoms with Crippen LogP contribution in [0.1, 0.15) is 17.0 Å². The Kier molecular flexibility index (Phi) is 4.49. The maximum absolute atomic E-state index is 12.3. The van der Waals surface area contributed by atoms with Crippen LogP contribution in [-0.2, 0) is 16.4 Å². The highest BCUT2D eigenvalue weighted by Crippen LogP contribution is 2.22. The molecule has 0 amide bonds. The van der Waals surface area contributed by atoms with Gasteiger partial charge in [-0.25, -0.2) is 8.42 Å². The lowest BCUT2D eigenvalue weighted by molar-refractivity contribution is 0.390. The van der Waals surface area contributed by atoms with Crippen LogP contribution in [0.4, 0.5) is 5.69 Å². The Morgan fingerprint density at radius 2 is 1.90 bits per heavy atom. The van der Waals surface area contributed by atoms with Crippen molar-refractivity contribution < 1.29 is 12.9 Å². The molecular formula is C13H15BrN2O3S. The number of aromatic nitrogens is 1. The average Bonchev–Trinajstić information content (AvgIpc) is 2.72. The van der Waals surface area contributed by atoms with Crippen LogP contribution in [0.25, 0.3) is 0 Å². The van der Waals surface area contributed by atoms with Gasteiger partial charge in [-0.1, -0.05) is 33.2 Å². The molecule has 2 rings (SSSR count). The molecule has 0 saturated carbocycles. The van der Waals surface area contributed by atoms with Gasteiger partial charge in [-0.3, -0.25) is 4.72 Å². The molecule has 0 fully saturated rings. The van der Waals surface area contributed by atoms with Gasteiger partial charge < -0.3 is 4.52 Å². The van der Waals surface area contributed by atoms with E-state index in [0.717, 1.165) is 17.3 Å². The Morgan fingerprint density at radius 3 is 2.40 bits per heavy atom. The molecular weight excluding hydrogens is 344 g/mol. The first-order valence-corrected chi connectivity index (χ1v) is 8.65. The van der Waals surface area contributed by atoms with Crippen LogP contribution in [-0.4, -0.2) is 18.9 Å². The zero-order valence-electron chi connectivity index (χ0n) is 11.2. The van der Waals surface area contributed by atoms with Gasteiger partial charge in [0.2, 0.25) is 0 Å². The van der Waals surface area contributed by atoms with Crippen molar-refractivity contribution in [3.8, 4) is 0 Å². The van der Waals surface area contributed by atoms with Crippen LogP contribution in [0.5, 0.6) is 0 Å². The van der Waals surface area contributed by atoms with E-state index in [0.29, 0.717) is 11.4 Å². The molecule has 0 aliphatic heterocycles. The van der Waals surface area contributed by atoms with Gasteiger partial charge in [0.15, 0.2) is 10.7 Å². The Bertz CT molecular complexity index is 673. The van der Waals surface area contributed by atoms with Gasteiger partial charge in [0.1, 0.15) is 5.69 Å². The van der Waals surface area contributed by atoms with Crippen LogP contribution < -0.4 is 4.72 Å². The number of nitrogens with zero attached hydrogens (tertiary/aromatic N) is 1. The van der Waals surface area contributed by atoms with Crippen LogP contribution >= 0.6 is 15.9 Å². The summed E-state index contributed by atoms with van der Waals surface area (Å²) in [5.41, 5.74) is 2.01. The topological polar surface area (TPSA) is 72.2 Å². The molecule has 0 spiro atoms. The molecule has 0 aliphatic carbocycles. The Labute approximate surface area is 126 Å². The molecule has 7 heteroatoms. The second kappa shape index (κ2) is 5.97. The second-order valence-corrected chi connectivity index (χ2v) is 6.81. The summed E-state index contributed by atoms with van der Waals surface area (Å²) < 4.78 is 32.0. The quantitative estimate of drug-likeness (QED) is 0.833. The number of hydrogen-bond acceptors (Lipinski definition) is 4. The van der Waals surface area contributed by atoms with Crippen LogP contribution in [0.2, 0.25) is 0 Å². The molecule has 0 radical (unpaired) electrons. The lowest BCUT2D eigenvalue weighted by Crippen LogP contribution is -2.14. The first-order chi connectivity index (χ1) is 9.44. The number of alkyl halides is 1. The van der Waals surface area contributed by atoms with Gasteiger partial charge in [0.25, 0.3) is 10.0 Å². The minimum absolute atomic E-state index is 0.0991. The second-order valence-electron chi connectivity index (χ2n) is 4.39. The van der Waals surface area contributed by atoms with E-state index in [1.165, 1.54) is 0 Å². The van der Waals surface area contributed by atoms with Crippen molar-refractivity contribution in [3.05, 3.63) is 41.3 Å². The fraction of sp³-hybridized carbons (Fsp3) is 0.308. The highest BCUT2D eigenvalue weighted by Gasteiger charge is 2.24. The maximum atomic E-state index is 12.3. The molecule has 2 aromatic rings. The van der Waals surface area contributed by atoms with Gasteiger partial charge in [-0.05, 0) is 38.0 Å². The van der Waals surface area contributed by atoms with Gasteiger partial charge in [-0.2, -0.15) is 0 Å². The summed E-state index contributed by atoms with van der Waals surface area (Å²) in [7, 11) is -3.67. The summed E-state index contributed by atoms with van der Waals surface area (Å²) in [5, 5.41) is 4.54. The number of sulfonamides is 1. The molecule has 0 atom stereocenters. The van der Waals surface area contributed by atoms with E-state index in [9.17, 15) is 8.42 Å². The zero-order valence-corrected chi connectivity index (χ0v) is 13.6. The standard InChI is InChI=1S/C13H15BrN2O3S/c1-9-13(10(2)19-15-9)20(17,18)16-12-5-3-11(4-6-12)7-8-14/h3-6,16H,7-8H2,1-2H3. The third-order valence-corrected chi connectivity index (χ3v) is 4.85. The molecule has 1 aromatic heterocycles. The van der Waals surface area contributed by atoms with E-state index >= 15 is 0 Å². The SMILES string of the molecule is Cc1noc(C)c1S(=O)(=O)Nc1ccc(CCBr)cc1. The van der Waals surface area contributed by atoms with E-state index < -0.39 is 10.0 Å². The first kappa shape index (κ1) is 15.1. The number of benzene rings is 1. The van der Waals surface area contributed by atoms with Crippen molar-refractivity contribution in [2.75, 3.05) is 10.1 Å². The summed E-state index contributed by atoms with van der Waals surface area (Å²) in [6, 6.07) is 7.28. The van der Waals surface area contributed by atoms with Gasteiger partial charge >= 0.3 is 0 Å². The molecule has 1 N–H and O–H groups in total. The highest BCUT2D eigenvalue weighted by atomic mass is 79.9. The van der Waals surface area contributed by atoms with E-state index in [-0.39, 0.29) is 10.7 Å². The molecule has 1 aromatic carbocycles. The number of hydrogen-bond donors (Lipinski definition) is 1. The lowest BCUT2D eigenvalue weighted by Gasteiger charge is -2.08. The summed E-state index contributed by atoms with van der Waals surface area (Å²) in [6.45, 7) is 3.18. The molecule has 108 valence electrons. The van der Waals surface area contributed by atoms with Crippen molar-refractivity contribution in [2.24, 2.45) is 0 Å². The Morgan fingerprint density at radius 1 is 1.25 bits per heavy atom. The van der Waals surface area contributed by atoms with Crippen LogP contribution in [0.15, 0.2) is 33.7 Å². The third kappa shape index (κ3) is 3.21. The summed E-state index contributed by atoms with van der Waals surface area (Å²) in [6.07, 6.45) is 0.900. The molecule has 5 nitrogen and oxygen atoms in total. The number of rotatable bonds is 5. The molecule has 20 heavy (non-hydrogen) atoms. The molecule has 0 unspecified atom stereocenters. The van der Waals surface area contributed by atoms with Crippen molar-refractivity contribution >= 4 is 31.6 Å². The van der Waals surface area contributed by atoms with Crippen molar-refractivity contribution in [3.63, 3.8) is 0 Å². The summed E-state index contributed by atoms with van der Waals surface area (Å²) >= 11 is 3.37. The van der Waals surface area contributed by atoms with Crippen LogP contribution in [0.3, 0.4) is 0 Å². The maximum Gasteiger partial charge on any atom is 0.267 e. The highest BCUT2D eigenvalue weighted by molar-refractivity contribution is 9.09. The molecule has 1 heterocycles. The smallest absolute Gasteiger partial charge is 0.267 e. The Balaban J connectivity index is 2.24. The van der Waals surface area contributed by atoms with E-state index in [1.54, 1.807) is 26.0 Å². The fourth-order valence-corrected chi connectivity index (χ4v) is 3.76. The van der Waals surface area contributed by atoms with Crippen molar-refractivity contribution in [1.29, 1.82) is 0 Å². The fourth-order valence-electron chi connectivity index (χ4n) is 1.91. The molecule has 0 bridgehead atoms. The van der Waals surface area contributed by atoms with Gasteiger partial charge in [0.05, 0.1) is 0 Å². The van der Waals surface area contributed by atoms with Crippen LogP contribution in [0, 0.1) is 13.8 Å². The number of halogens is 1. The van der Waals surface area contributed by atoms with Gasteiger partial charge in [-0.15, -0.1) is 0 Å². The lowest BCUT2D eigenvalue weighted by atomic mass is 10.2. The molecule has 0 aliphatic rings. The minimum atomic E-state index is -3.67.